The highest BCUT2D eigenvalue weighted by molar-refractivity contribution is 7.89. The van der Waals surface area contributed by atoms with Gasteiger partial charge in [0.2, 0.25) is 10.0 Å². The van der Waals surface area contributed by atoms with E-state index in [9.17, 15) is 18.2 Å². The Bertz CT molecular complexity index is 471. The number of nitrogens with zero attached hydrogens (tertiary/aromatic N) is 2. The highest BCUT2D eigenvalue weighted by Crippen LogP contribution is 2.25. The van der Waals surface area contributed by atoms with E-state index >= 15 is 0 Å². The van der Waals surface area contributed by atoms with Crippen molar-refractivity contribution in [3.05, 3.63) is 28.0 Å². The molecule has 7 nitrogen and oxygen atoms in total. The maximum atomic E-state index is 11.3. The van der Waals surface area contributed by atoms with Crippen LogP contribution < -0.4 is 4.72 Å². The molecule has 0 fully saturated rings. The number of hydrogen-bond donors (Lipinski definition) is 1. The number of nitroso groups, excluding NO2 is 2. The molecule has 0 amide bonds. The molecule has 15 heavy (non-hydrogen) atoms. The smallest absolute Gasteiger partial charge is 0.214 e. The highest BCUT2D eigenvalue weighted by atomic mass is 32.2. The molecule has 0 bridgehead atoms. The lowest BCUT2D eigenvalue weighted by Gasteiger charge is -2.02. The minimum atomic E-state index is -3.71. The molecule has 80 valence electrons. The molecule has 0 aromatic heterocycles. The van der Waals surface area contributed by atoms with Gasteiger partial charge in [-0.2, -0.15) is 0 Å². The molecule has 1 N–H and O–H groups in total. The number of benzene rings is 1. The molecule has 8 heteroatoms. The summed E-state index contributed by atoms with van der Waals surface area (Å²) in [6.45, 7) is 0. The zero-order valence-corrected chi connectivity index (χ0v) is 8.48. The van der Waals surface area contributed by atoms with Gasteiger partial charge in [-0.15, -0.1) is 9.81 Å². The van der Waals surface area contributed by atoms with E-state index in [-0.39, 0.29) is 16.3 Å². The van der Waals surface area contributed by atoms with Gasteiger partial charge in [0.15, 0.2) is 0 Å². The van der Waals surface area contributed by atoms with Crippen LogP contribution in [0, 0.1) is 9.81 Å². The molecule has 0 saturated carbocycles. The first kappa shape index (κ1) is 11.4. The van der Waals surface area contributed by atoms with Crippen molar-refractivity contribution >= 4 is 21.4 Å². The molecule has 0 aliphatic heterocycles. The third kappa shape index (κ3) is 2.42. The van der Waals surface area contributed by atoms with Crippen LogP contribution in [0.2, 0.25) is 0 Å². The van der Waals surface area contributed by atoms with E-state index in [1.165, 1.54) is 7.05 Å². The van der Waals surface area contributed by atoms with Crippen molar-refractivity contribution in [2.45, 2.75) is 4.90 Å². The Kier molecular flexibility index (Phi) is 3.22. The largest absolute Gasteiger partial charge is 0.240 e. The van der Waals surface area contributed by atoms with Crippen molar-refractivity contribution in [3.8, 4) is 0 Å². The molecule has 1 rings (SSSR count). The zero-order chi connectivity index (χ0) is 11.5. The quantitative estimate of drug-likeness (QED) is 0.787. The van der Waals surface area contributed by atoms with E-state index in [2.05, 4.69) is 10.4 Å². The van der Waals surface area contributed by atoms with Gasteiger partial charge in [0.1, 0.15) is 11.4 Å². The summed E-state index contributed by atoms with van der Waals surface area (Å²) in [6, 6.07) is 3.19. The van der Waals surface area contributed by atoms with Gasteiger partial charge in [0, 0.05) is 0 Å². The third-order valence-electron chi connectivity index (χ3n) is 1.67. The van der Waals surface area contributed by atoms with Crippen molar-refractivity contribution in [3.63, 3.8) is 0 Å². The SMILES string of the molecule is CNS(=O)(=O)c1cc(N=O)cc(N=O)c1. The molecule has 0 radical (unpaired) electrons. The molecule has 1 aromatic carbocycles. The summed E-state index contributed by atoms with van der Waals surface area (Å²) in [6.07, 6.45) is 0. The van der Waals surface area contributed by atoms with Crippen LogP contribution in [-0.4, -0.2) is 15.5 Å². The Morgan fingerprint density at radius 3 is 1.87 bits per heavy atom. The van der Waals surface area contributed by atoms with Crippen molar-refractivity contribution in [1.29, 1.82) is 0 Å². The average molecular weight is 229 g/mol. The molecule has 0 aliphatic rings. The van der Waals surface area contributed by atoms with E-state index in [1.807, 2.05) is 4.72 Å². The van der Waals surface area contributed by atoms with Crippen LogP contribution in [0.1, 0.15) is 0 Å². The molecule has 0 aliphatic carbocycles. The average Bonchev–Trinajstić information content (AvgIpc) is 2.28. The van der Waals surface area contributed by atoms with Crippen LogP contribution in [0.25, 0.3) is 0 Å². The third-order valence-corrected chi connectivity index (χ3v) is 3.06. The van der Waals surface area contributed by atoms with Crippen molar-refractivity contribution in [2.24, 2.45) is 10.4 Å². The summed E-state index contributed by atoms with van der Waals surface area (Å²) in [5.74, 6) is 0. The van der Waals surface area contributed by atoms with E-state index in [4.69, 9.17) is 0 Å². The van der Waals surface area contributed by atoms with Crippen molar-refractivity contribution in [2.75, 3.05) is 7.05 Å². The van der Waals surface area contributed by atoms with Gasteiger partial charge in [0.05, 0.1) is 4.90 Å². The summed E-state index contributed by atoms with van der Waals surface area (Å²) < 4.78 is 24.7. The predicted molar refractivity (Wildman–Crippen MR) is 53.6 cm³/mol. The number of sulfonamides is 1. The van der Waals surface area contributed by atoms with Crippen LogP contribution in [0.15, 0.2) is 33.4 Å². The van der Waals surface area contributed by atoms with Crippen molar-refractivity contribution in [1.82, 2.24) is 4.72 Å². The monoisotopic (exact) mass is 229 g/mol. The lowest BCUT2D eigenvalue weighted by molar-refractivity contribution is 0.588. The molecule has 0 spiro atoms. The highest BCUT2D eigenvalue weighted by Gasteiger charge is 2.14. The molecule has 0 atom stereocenters. The predicted octanol–water partition coefficient (Wildman–Crippen LogP) is 1.39. The number of nitrogens with one attached hydrogen (secondary N) is 1. The second-order valence-electron chi connectivity index (χ2n) is 2.58. The summed E-state index contributed by atoms with van der Waals surface area (Å²) in [7, 11) is -2.50. The molecule has 0 heterocycles. The summed E-state index contributed by atoms with van der Waals surface area (Å²) in [5.41, 5.74) is -0.332. The van der Waals surface area contributed by atoms with Gasteiger partial charge in [-0.1, -0.05) is 0 Å². The Hall–Kier alpha value is -1.67. The second-order valence-corrected chi connectivity index (χ2v) is 4.46. The fourth-order valence-corrected chi connectivity index (χ4v) is 1.73. The topological polar surface area (TPSA) is 105 Å². The molecular weight excluding hydrogens is 222 g/mol. The molecular formula is C7H7N3O4S. The van der Waals surface area contributed by atoms with Crippen LogP contribution >= 0.6 is 0 Å². The van der Waals surface area contributed by atoms with Crippen LogP contribution in [0.3, 0.4) is 0 Å². The first-order chi connectivity index (χ1) is 7.03. The number of hydrogen-bond acceptors (Lipinski definition) is 6. The minimum absolute atomic E-state index is 0.166. The lowest BCUT2D eigenvalue weighted by Crippen LogP contribution is -2.18. The summed E-state index contributed by atoms with van der Waals surface area (Å²) in [4.78, 5) is 20.2. The Labute approximate surface area is 85.5 Å². The van der Waals surface area contributed by atoms with E-state index in [0.717, 1.165) is 18.2 Å². The normalized spacial score (nSPS) is 11.0. The molecule has 0 saturated heterocycles. The standard InChI is InChI=1S/C7H7N3O4S/c1-8-15(13,14)7-3-5(9-11)2-6(4-7)10-12/h2-4,8H,1H3. The van der Waals surface area contributed by atoms with Gasteiger partial charge >= 0.3 is 0 Å². The maximum absolute atomic E-state index is 11.3. The van der Waals surface area contributed by atoms with E-state index in [0.29, 0.717) is 0 Å². The van der Waals surface area contributed by atoms with E-state index in [1.54, 1.807) is 0 Å². The van der Waals surface area contributed by atoms with Crippen molar-refractivity contribution < 1.29 is 8.42 Å². The van der Waals surface area contributed by atoms with Gasteiger partial charge in [-0.3, -0.25) is 0 Å². The lowest BCUT2D eigenvalue weighted by atomic mass is 10.3. The summed E-state index contributed by atoms with van der Waals surface area (Å²) in [5, 5.41) is 5.09. The fourth-order valence-electron chi connectivity index (χ4n) is 0.946. The summed E-state index contributed by atoms with van der Waals surface area (Å²) >= 11 is 0. The van der Waals surface area contributed by atoms with Gasteiger partial charge in [0.25, 0.3) is 0 Å². The van der Waals surface area contributed by atoms with Gasteiger partial charge in [-0.25, -0.2) is 13.1 Å². The van der Waals surface area contributed by atoms with E-state index < -0.39 is 10.0 Å². The Morgan fingerprint density at radius 1 is 1.07 bits per heavy atom. The maximum Gasteiger partial charge on any atom is 0.240 e. The first-order valence-electron chi connectivity index (χ1n) is 3.79. The first-order valence-corrected chi connectivity index (χ1v) is 5.27. The zero-order valence-electron chi connectivity index (χ0n) is 7.67. The molecule has 0 unspecified atom stereocenters. The Balaban J connectivity index is 3.43. The second kappa shape index (κ2) is 4.24. The van der Waals surface area contributed by atoms with Gasteiger partial charge in [-0.05, 0) is 35.6 Å². The molecule has 1 aromatic rings. The van der Waals surface area contributed by atoms with Crippen LogP contribution in [-0.2, 0) is 10.0 Å². The van der Waals surface area contributed by atoms with Gasteiger partial charge < -0.3 is 0 Å². The van der Waals surface area contributed by atoms with Crippen LogP contribution in [0.4, 0.5) is 11.4 Å². The minimum Gasteiger partial charge on any atom is -0.214 e. The fraction of sp³-hybridized carbons (Fsp3) is 0.143. The number of rotatable bonds is 4. The van der Waals surface area contributed by atoms with Crippen LogP contribution in [0.5, 0.6) is 0 Å². The Morgan fingerprint density at radius 2 is 1.53 bits per heavy atom.